The fourth-order valence-electron chi connectivity index (χ4n) is 2.01. The van der Waals surface area contributed by atoms with Gasteiger partial charge >= 0.3 is 0 Å². The first-order valence-electron chi connectivity index (χ1n) is 6.02. The van der Waals surface area contributed by atoms with E-state index in [1.54, 1.807) is 7.11 Å². The zero-order valence-electron chi connectivity index (χ0n) is 10.2. The van der Waals surface area contributed by atoms with Crippen LogP contribution in [0, 0.1) is 0 Å². The lowest BCUT2D eigenvalue weighted by atomic mass is 10.1. The molecule has 1 aliphatic rings. The normalized spacial score (nSPS) is 24.5. The van der Waals surface area contributed by atoms with Gasteiger partial charge in [-0.1, -0.05) is 18.2 Å². The number of rotatable bonds is 5. The molecule has 1 aliphatic heterocycles. The molecule has 94 valence electrons. The molecule has 17 heavy (non-hydrogen) atoms. The van der Waals surface area contributed by atoms with Crippen molar-refractivity contribution in [1.29, 1.82) is 0 Å². The molecule has 1 aromatic carbocycles. The van der Waals surface area contributed by atoms with Crippen molar-refractivity contribution in [1.82, 2.24) is 10.6 Å². The van der Waals surface area contributed by atoms with Gasteiger partial charge in [0, 0.05) is 26.2 Å². The monoisotopic (exact) mass is 236 g/mol. The van der Waals surface area contributed by atoms with Crippen molar-refractivity contribution < 1.29 is 9.47 Å². The molecule has 2 atom stereocenters. The van der Waals surface area contributed by atoms with Gasteiger partial charge < -0.3 is 20.1 Å². The van der Waals surface area contributed by atoms with E-state index in [0.717, 1.165) is 25.4 Å². The number of hydrogen-bond acceptors (Lipinski definition) is 4. The minimum absolute atomic E-state index is 0.337. The lowest BCUT2D eigenvalue weighted by Crippen LogP contribution is -2.58. The lowest BCUT2D eigenvalue weighted by Gasteiger charge is -2.31. The second-order valence-electron chi connectivity index (χ2n) is 4.30. The van der Waals surface area contributed by atoms with Gasteiger partial charge in [-0.25, -0.2) is 0 Å². The summed E-state index contributed by atoms with van der Waals surface area (Å²) in [6, 6.07) is 10.6. The summed E-state index contributed by atoms with van der Waals surface area (Å²) in [5, 5.41) is 6.90. The van der Waals surface area contributed by atoms with Crippen molar-refractivity contribution >= 4 is 0 Å². The summed E-state index contributed by atoms with van der Waals surface area (Å²) >= 11 is 0. The van der Waals surface area contributed by atoms with Crippen LogP contribution in [0.5, 0.6) is 5.75 Å². The highest BCUT2D eigenvalue weighted by Gasteiger charge is 2.20. The van der Waals surface area contributed by atoms with Crippen molar-refractivity contribution in [3.8, 4) is 5.75 Å². The van der Waals surface area contributed by atoms with E-state index in [4.69, 9.17) is 9.47 Å². The van der Waals surface area contributed by atoms with Gasteiger partial charge in [0.1, 0.15) is 12.4 Å². The predicted molar refractivity (Wildman–Crippen MR) is 67.4 cm³/mol. The van der Waals surface area contributed by atoms with Gasteiger partial charge in [0.05, 0.1) is 12.6 Å². The molecule has 4 heteroatoms. The minimum Gasteiger partial charge on any atom is -0.492 e. The van der Waals surface area contributed by atoms with E-state index in [0.29, 0.717) is 18.7 Å². The van der Waals surface area contributed by atoms with E-state index in [-0.39, 0.29) is 0 Å². The Morgan fingerprint density at radius 1 is 1.12 bits per heavy atom. The number of nitrogens with one attached hydrogen (secondary N) is 2. The standard InChI is InChI=1S/C13H20N2O2/c1-16-9-11-7-14-8-12(15-11)10-17-13-5-3-2-4-6-13/h2-6,11-12,14-15H,7-10H2,1H3/t11-,12+/m1/s1. The van der Waals surface area contributed by atoms with Crippen LogP contribution in [0.2, 0.25) is 0 Å². The topological polar surface area (TPSA) is 42.5 Å². The average Bonchev–Trinajstić information content (AvgIpc) is 2.39. The van der Waals surface area contributed by atoms with Gasteiger partial charge in [0.15, 0.2) is 0 Å². The van der Waals surface area contributed by atoms with Crippen LogP contribution in [0.15, 0.2) is 30.3 Å². The maximum Gasteiger partial charge on any atom is 0.119 e. The highest BCUT2D eigenvalue weighted by atomic mass is 16.5. The van der Waals surface area contributed by atoms with Crippen LogP contribution in [0.25, 0.3) is 0 Å². The molecular weight excluding hydrogens is 216 g/mol. The number of piperazine rings is 1. The number of ether oxygens (including phenoxy) is 2. The van der Waals surface area contributed by atoms with E-state index in [1.165, 1.54) is 0 Å². The van der Waals surface area contributed by atoms with Crippen molar-refractivity contribution in [2.45, 2.75) is 12.1 Å². The van der Waals surface area contributed by atoms with Crippen molar-refractivity contribution in [3.05, 3.63) is 30.3 Å². The second-order valence-corrected chi connectivity index (χ2v) is 4.30. The Morgan fingerprint density at radius 2 is 1.82 bits per heavy atom. The number of para-hydroxylation sites is 1. The van der Waals surface area contributed by atoms with E-state index >= 15 is 0 Å². The first-order chi connectivity index (χ1) is 8.38. The van der Waals surface area contributed by atoms with Crippen LogP contribution < -0.4 is 15.4 Å². The van der Waals surface area contributed by atoms with Crippen LogP contribution in [0.1, 0.15) is 0 Å². The third kappa shape index (κ3) is 4.00. The van der Waals surface area contributed by atoms with Gasteiger partial charge in [-0.2, -0.15) is 0 Å². The molecule has 1 fully saturated rings. The summed E-state index contributed by atoms with van der Waals surface area (Å²) < 4.78 is 10.9. The zero-order chi connectivity index (χ0) is 11.9. The van der Waals surface area contributed by atoms with Gasteiger partial charge in [-0.15, -0.1) is 0 Å². The number of hydrogen-bond donors (Lipinski definition) is 2. The smallest absolute Gasteiger partial charge is 0.119 e. The van der Waals surface area contributed by atoms with Crippen molar-refractivity contribution in [2.75, 3.05) is 33.4 Å². The van der Waals surface area contributed by atoms with E-state index in [2.05, 4.69) is 10.6 Å². The molecule has 0 amide bonds. The molecule has 0 radical (unpaired) electrons. The Kier molecular flexibility index (Phi) is 4.79. The first kappa shape index (κ1) is 12.4. The highest BCUT2D eigenvalue weighted by molar-refractivity contribution is 5.20. The molecule has 0 spiro atoms. The molecule has 0 bridgehead atoms. The second kappa shape index (κ2) is 6.59. The Balaban J connectivity index is 1.75. The minimum atomic E-state index is 0.337. The molecule has 1 saturated heterocycles. The molecule has 4 nitrogen and oxygen atoms in total. The SMILES string of the molecule is COC[C@H]1CNC[C@@H](COc2ccccc2)N1. The molecule has 0 aromatic heterocycles. The molecular formula is C13H20N2O2. The number of benzene rings is 1. The van der Waals surface area contributed by atoms with Crippen molar-refractivity contribution in [2.24, 2.45) is 0 Å². The van der Waals surface area contributed by atoms with Crippen LogP contribution >= 0.6 is 0 Å². The summed E-state index contributed by atoms with van der Waals surface area (Å²) in [7, 11) is 1.73. The average molecular weight is 236 g/mol. The van der Waals surface area contributed by atoms with Gasteiger partial charge in [0.2, 0.25) is 0 Å². The molecule has 2 rings (SSSR count). The predicted octanol–water partition coefficient (Wildman–Crippen LogP) is 0.642. The fraction of sp³-hybridized carbons (Fsp3) is 0.538. The first-order valence-corrected chi connectivity index (χ1v) is 6.02. The van der Waals surface area contributed by atoms with Crippen molar-refractivity contribution in [3.63, 3.8) is 0 Å². The van der Waals surface area contributed by atoms with E-state index in [1.807, 2.05) is 30.3 Å². The summed E-state index contributed by atoms with van der Waals surface area (Å²) in [5.74, 6) is 0.920. The maximum atomic E-state index is 5.73. The third-order valence-electron chi connectivity index (χ3n) is 2.82. The lowest BCUT2D eigenvalue weighted by molar-refractivity contribution is 0.135. The summed E-state index contributed by atoms with van der Waals surface area (Å²) in [5.41, 5.74) is 0. The maximum absolute atomic E-state index is 5.73. The van der Waals surface area contributed by atoms with Gasteiger partial charge in [0.25, 0.3) is 0 Å². The summed E-state index contributed by atoms with van der Waals surface area (Å²) in [4.78, 5) is 0. The molecule has 1 heterocycles. The van der Waals surface area contributed by atoms with Gasteiger partial charge in [-0.3, -0.25) is 0 Å². The molecule has 0 aliphatic carbocycles. The fourth-order valence-corrected chi connectivity index (χ4v) is 2.01. The zero-order valence-corrected chi connectivity index (χ0v) is 10.2. The Hall–Kier alpha value is -1.10. The summed E-state index contributed by atoms with van der Waals surface area (Å²) in [6.07, 6.45) is 0. The van der Waals surface area contributed by atoms with Gasteiger partial charge in [-0.05, 0) is 12.1 Å². The molecule has 0 saturated carbocycles. The Morgan fingerprint density at radius 3 is 2.53 bits per heavy atom. The Bertz CT molecular complexity index is 316. The largest absolute Gasteiger partial charge is 0.492 e. The summed E-state index contributed by atoms with van der Waals surface area (Å²) in [6.45, 7) is 3.30. The van der Waals surface area contributed by atoms with Crippen LogP contribution in [-0.4, -0.2) is 45.5 Å². The number of methoxy groups -OCH3 is 1. The van der Waals surface area contributed by atoms with Crippen LogP contribution in [0.4, 0.5) is 0 Å². The quantitative estimate of drug-likeness (QED) is 0.787. The van der Waals surface area contributed by atoms with E-state index in [9.17, 15) is 0 Å². The van der Waals surface area contributed by atoms with Crippen LogP contribution in [0.3, 0.4) is 0 Å². The third-order valence-corrected chi connectivity index (χ3v) is 2.82. The van der Waals surface area contributed by atoms with E-state index < -0.39 is 0 Å². The molecule has 1 aromatic rings. The van der Waals surface area contributed by atoms with Crippen LogP contribution in [-0.2, 0) is 4.74 Å². The molecule has 0 unspecified atom stereocenters. The highest BCUT2D eigenvalue weighted by Crippen LogP contribution is 2.09. The molecule has 2 N–H and O–H groups in total. The Labute approximate surface area is 102 Å².